The molecule has 0 bridgehead atoms. The molecule has 0 spiro atoms. The average Bonchev–Trinajstić information content (AvgIpc) is 2.15. The summed E-state index contributed by atoms with van der Waals surface area (Å²) in [6, 6.07) is 0. The highest BCUT2D eigenvalue weighted by Crippen LogP contribution is 2.33. The highest BCUT2D eigenvalue weighted by atomic mass is 15.0. The summed E-state index contributed by atoms with van der Waals surface area (Å²) in [6.07, 6.45) is 5.76. The molecule has 1 unspecified atom stereocenters. The van der Waals surface area contributed by atoms with Gasteiger partial charge in [0.1, 0.15) is 0 Å². The Morgan fingerprint density at radius 1 is 1.25 bits per heavy atom. The Morgan fingerprint density at radius 2 is 1.81 bits per heavy atom. The fourth-order valence-electron chi connectivity index (χ4n) is 1.78. The number of allylic oxidation sites excluding steroid dienone is 2. The summed E-state index contributed by atoms with van der Waals surface area (Å²) in [6.45, 7) is 16.0. The third-order valence-electron chi connectivity index (χ3n) is 3.07. The van der Waals surface area contributed by atoms with Gasteiger partial charge in [0.25, 0.3) is 0 Å². The second-order valence-corrected chi connectivity index (χ2v) is 5.92. The maximum Gasteiger partial charge on any atom is -0.00234 e. The third kappa shape index (κ3) is 6.12. The fraction of sp³-hybridized carbons (Fsp3) is 0.733. The monoisotopic (exact) mass is 223 g/mol. The second kappa shape index (κ2) is 6.90. The van der Waals surface area contributed by atoms with Crippen LogP contribution in [0.15, 0.2) is 24.8 Å². The van der Waals surface area contributed by atoms with Crippen molar-refractivity contribution in [1.29, 1.82) is 0 Å². The standard InChI is InChI=1S/C15H29N/c1-8-14(13(2)15(3,4)5)11-9-10-12-16(6)7/h8,14H,1-2,9-12H2,3-7H3. The summed E-state index contributed by atoms with van der Waals surface area (Å²) in [5.74, 6) is 0.474. The first kappa shape index (κ1) is 15.4. The van der Waals surface area contributed by atoms with Gasteiger partial charge in [-0.1, -0.05) is 45.4 Å². The first-order chi connectivity index (χ1) is 7.29. The van der Waals surface area contributed by atoms with Crippen molar-refractivity contribution in [3.63, 3.8) is 0 Å². The highest BCUT2D eigenvalue weighted by molar-refractivity contribution is 5.14. The minimum Gasteiger partial charge on any atom is -0.309 e. The number of rotatable bonds is 7. The topological polar surface area (TPSA) is 3.24 Å². The van der Waals surface area contributed by atoms with E-state index >= 15 is 0 Å². The summed E-state index contributed by atoms with van der Waals surface area (Å²) in [5.41, 5.74) is 1.51. The predicted octanol–water partition coefficient (Wildman–Crippen LogP) is 4.12. The van der Waals surface area contributed by atoms with Crippen molar-refractivity contribution < 1.29 is 0 Å². The van der Waals surface area contributed by atoms with Crippen molar-refractivity contribution in [2.45, 2.75) is 40.0 Å². The van der Waals surface area contributed by atoms with E-state index in [0.29, 0.717) is 5.92 Å². The van der Waals surface area contributed by atoms with Crippen molar-refractivity contribution in [1.82, 2.24) is 4.90 Å². The summed E-state index contributed by atoms with van der Waals surface area (Å²) in [7, 11) is 4.25. The number of hydrogen-bond acceptors (Lipinski definition) is 1. The van der Waals surface area contributed by atoms with Gasteiger partial charge in [-0.2, -0.15) is 0 Å². The molecule has 0 aromatic rings. The van der Waals surface area contributed by atoms with Crippen LogP contribution < -0.4 is 0 Å². The van der Waals surface area contributed by atoms with E-state index in [-0.39, 0.29) is 5.41 Å². The van der Waals surface area contributed by atoms with Crippen molar-refractivity contribution in [3.8, 4) is 0 Å². The van der Waals surface area contributed by atoms with E-state index in [4.69, 9.17) is 0 Å². The predicted molar refractivity (Wildman–Crippen MR) is 74.7 cm³/mol. The van der Waals surface area contributed by atoms with Gasteiger partial charge in [0.05, 0.1) is 0 Å². The molecule has 0 aromatic heterocycles. The number of nitrogens with zero attached hydrogens (tertiary/aromatic N) is 1. The van der Waals surface area contributed by atoms with E-state index in [1.165, 1.54) is 31.4 Å². The van der Waals surface area contributed by atoms with Crippen molar-refractivity contribution in [3.05, 3.63) is 24.8 Å². The number of unbranched alkanes of at least 4 members (excludes halogenated alkanes) is 1. The Balaban J connectivity index is 4.02. The van der Waals surface area contributed by atoms with Gasteiger partial charge in [0, 0.05) is 0 Å². The summed E-state index contributed by atoms with van der Waals surface area (Å²) in [5, 5.41) is 0. The molecule has 0 saturated carbocycles. The largest absolute Gasteiger partial charge is 0.309 e. The van der Waals surface area contributed by atoms with Crippen LogP contribution in [0.1, 0.15) is 40.0 Å². The molecule has 0 N–H and O–H groups in total. The van der Waals surface area contributed by atoms with Gasteiger partial charge in [-0.05, 0) is 44.8 Å². The molecule has 0 aliphatic heterocycles. The molecule has 0 saturated heterocycles. The first-order valence-corrected chi connectivity index (χ1v) is 6.25. The Hall–Kier alpha value is -0.560. The normalized spacial score (nSPS) is 13.9. The van der Waals surface area contributed by atoms with Crippen LogP contribution in [0.3, 0.4) is 0 Å². The Bertz CT molecular complexity index is 220. The molecule has 0 aliphatic rings. The van der Waals surface area contributed by atoms with Crippen LogP contribution >= 0.6 is 0 Å². The zero-order valence-electron chi connectivity index (χ0n) is 11.8. The highest BCUT2D eigenvalue weighted by Gasteiger charge is 2.20. The van der Waals surface area contributed by atoms with Crippen molar-refractivity contribution >= 4 is 0 Å². The van der Waals surface area contributed by atoms with Gasteiger partial charge in [-0.15, -0.1) is 6.58 Å². The molecule has 0 radical (unpaired) electrons. The molecule has 0 amide bonds. The van der Waals surface area contributed by atoms with Gasteiger partial charge >= 0.3 is 0 Å². The van der Waals surface area contributed by atoms with Gasteiger partial charge in [0.15, 0.2) is 0 Å². The van der Waals surface area contributed by atoms with E-state index in [2.05, 4.69) is 59.0 Å². The average molecular weight is 223 g/mol. The van der Waals surface area contributed by atoms with E-state index in [1.54, 1.807) is 0 Å². The van der Waals surface area contributed by atoms with Gasteiger partial charge in [0.2, 0.25) is 0 Å². The second-order valence-electron chi connectivity index (χ2n) is 5.92. The summed E-state index contributed by atoms with van der Waals surface area (Å²) in [4.78, 5) is 2.24. The van der Waals surface area contributed by atoms with Crippen molar-refractivity contribution in [2.24, 2.45) is 11.3 Å². The lowest BCUT2D eigenvalue weighted by molar-refractivity contribution is 0.380. The lowest BCUT2D eigenvalue weighted by Gasteiger charge is -2.28. The molecule has 0 aromatic carbocycles. The SMILES string of the molecule is C=CC(CCCCN(C)C)C(=C)C(C)(C)C. The van der Waals surface area contributed by atoms with E-state index in [9.17, 15) is 0 Å². The van der Waals surface area contributed by atoms with Crippen LogP contribution in [0.4, 0.5) is 0 Å². The zero-order chi connectivity index (χ0) is 12.8. The van der Waals surface area contributed by atoms with Crippen LogP contribution in [-0.2, 0) is 0 Å². The van der Waals surface area contributed by atoms with E-state index in [1.807, 2.05) is 0 Å². The van der Waals surface area contributed by atoms with Crippen molar-refractivity contribution in [2.75, 3.05) is 20.6 Å². The molecule has 16 heavy (non-hydrogen) atoms. The summed E-state index contributed by atoms with van der Waals surface area (Å²) < 4.78 is 0. The van der Waals surface area contributed by atoms with Crippen LogP contribution in [-0.4, -0.2) is 25.5 Å². The number of hydrogen-bond donors (Lipinski definition) is 0. The minimum atomic E-state index is 0.195. The molecule has 0 fully saturated rings. The van der Waals surface area contributed by atoms with Crippen LogP contribution in [0.2, 0.25) is 0 Å². The molecule has 0 rings (SSSR count). The molecular formula is C15H29N. The van der Waals surface area contributed by atoms with Crippen LogP contribution in [0.25, 0.3) is 0 Å². The zero-order valence-corrected chi connectivity index (χ0v) is 11.8. The van der Waals surface area contributed by atoms with E-state index in [0.717, 1.165) is 0 Å². The van der Waals surface area contributed by atoms with Crippen LogP contribution in [0.5, 0.6) is 0 Å². The Labute approximate surface area is 102 Å². The molecule has 1 nitrogen and oxygen atoms in total. The lowest BCUT2D eigenvalue weighted by atomic mass is 9.78. The molecule has 0 heterocycles. The van der Waals surface area contributed by atoms with Gasteiger partial charge in [-0.25, -0.2) is 0 Å². The lowest BCUT2D eigenvalue weighted by Crippen LogP contribution is -2.17. The minimum absolute atomic E-state index is 0.195. The fourth-order valence-corrected chi connectivity index (χ4v) is 1.78. The van der Waals surface area contributed by atoms with Gasteiger partial charge < -0.3 is 4.90 Å². The summed E-state index contributed by atoms with van der Waals surface area (Å²) >= 11 is 0. The van der Waals surface area contributed by atoms with Crippen LogP contribution in [0, 0.1) is 11.3 Å². The first-order valence-electron chi connectivity index (χ1n) is 6.25. The molecule has 94 valence electrons. The molecular weight excluding hydrogens is 194 g/mol. The Kier molecular flexibility index (Phi) is 6.66. The maximum atomic E-state index is 4.23. The smallest absolute Gasteiger partial charge is 0.00234 e. The molecule has 0 aliphatic carbocycles. The third-order valence-corrected chi connectivity index (χ3v) is 3.07. The van der Waals surface area contributed by atoms with Gasteiger partial charge in [-0.3, -0.25) is 0 Å². The maximum absolute atomic E-state index is 4.23. The Morgan fingerprint density at radius 3 is 2.19 bits per heavy atom. The quantitative estimate of drug-likeness (QED) is 0.463. The molecule has 1 heteroatoms. The van der Waals surface area contributed by atoms with E-state index < -0.39 is 0 Å². The molecule has 1 atom stereocenters.